The summed E-state index contributed by atoms with van der Waals surface area (Å²) in [5.74, 6) is -0.686. The van der Waals surface area contributed by atoms with Crippen LogP contribution in [0, 0.1) is 3.57 Å². The Morgan fingerprint density at radius 3 is 2.71 bits per heavy atom. The zero-order chi connectivity index (χ0) is 24.2. The summed E-state index contributed by atoms with van der Waals surface area (Å²) in [7, 11) is 0. The number of hydrogen-bond donors (Lipinski definition) is 2. The molecule has 0 bridgehead atoms. The molecule has 172 valence electrons. The fourth-order valence-electron chi connectivity index (χ4n) is 3.08. The molecule has 0 fully saturated rings. The number of aromatic carboxylic acids is 1. The number of carboxylic acids is 1. The Hall–Kier alpha value is -2.70. The van der Waals surface area contributed by atoms with E-state index in [4.69, 9.17) is 14.3 Å². The van der Waals surface area contributed by atoms with Crippen molar-refractivity contribution in [2.45, 2.75) is 6.61 Å². The number of hydrazone groups is 1. The molecule has 1 amide bonds. The van der Waals surface area contributed by atoms with E-state index in [9.17, 15) is 9.59 Å². The maximum absolute atomic E-state index is 12.4. The van der Waals surface area contributed by atoms with Crippen LogP contribution in [0.5, 0.6) is 5.75 Å². The highest BCUT2D eigenvalue weighted by Gasteiger charge is 2.14. The molecule has 7 nitrogen and oxygen atoms in total. The Bertz CT molecular complexity index is 1430. The predicted molar refractivity (Wildman–Crippen MR) is 144 cm³/mol. The molecular formula is C24H15Br2IN2O5. The number of rotatable bonds is 7. The first-order chi connectivity index (χ1) is 16.3. The van der Waals surface area contributed by atoms with E-state index in [2.05, 4.69) is 65.0 Å². The van der Waals surface area contributed by atoms with Gasteiger partial charge in [-0.05, 0) is 98.2 Å². The van der Waals surface area contributed by atoms with Gasteiger partial charge < -0.3 is 14.3 Å². The molecule has 0 radical (unpaired) electrons. The molecule has 1 aromatic heterocycles. The number of nitrogens with zero attached hydrogens (tertiary/aromatic N) is 1. The molecule has 0 unspecified atom stereocenters. The van der Waals surface area contributed by atoms with Crippen LogP contribution in [-0.4, -0.2) is 23.2 Å². The standard InChI is InChI=1S/C24H15Br2IN2O5/c25-17-8-16-9-21(34-22(16)19(27)10-17)23(30)29-28-11-13-4-5-20(18(26)7-13)33-12-14-2-1-3-15(6-14)24(31)32/h1-11H,12H2,(H,29,30)(H,31,32)/b28-11-. The zero-order valence-corrected chi connectivity index (χ0v) is 22.5. The maximum Gasteiger partial charge on any atom is 0.335 e. The lowest BCUT2D eigenvalue weighted by atomic mass is 10.1. The van der Waals surface area contributed by atoms with Gasteiger partial charge in [0.25, 0.3) is 0 Å². The zero-order valence-electron chi connectivity index (χ0n) is 17.2. The molecule has 1 heterocycles. The van der Waals surface area contributed by atoms with Gasteiger partial charge >= 0.3 is 11.9 Å². The molecule has 0 aliphatic carbocycles. The normalized spacial score (nSPS) is 11.1. The van der Waals surface area contributed by atoms with Gasteiger partial charge in [-0.2, -0.15) is 5.10 Å². The van der Waals surface area contributed by atoms with Crippen LogP contribution >= 0.6 is 54.5 Å². The molecule has 0 aliphatic heterocycles. The number of hydrogen-bond acceptors (Lipinski definition) is 5. The minimum Gasteiger partial charge on any atom is -0.488 e. The second-order valence-corrected chi connectivity index (χ2v) is 10.0. The second-order valence-electron chi connectivity index (χ2n) is 7.10. The van der Waals surface area contributed by atoms with Gasteiger partial charge in [0.05, 0.1) is 19.8 Å². The van der Waals surface area contributed by atoms with Crippen LogP contribution < -0.4 is 10.2 Å². The molecule has 0 saturated heterocycles. The summed E-state index contributed by atoms with van der Waals surface area (Å²) in [6, 6.07) is 17.4. The SMILES string of the molecule is O=C(O)c1cccc(COc2ccc(/C=N\NC(=O)c3cc4cc(Br)cc(I)c4o3)cc2Br)c1. The van der Waals surface area contributed by atoms with E-state index in [1.165, 1.54) is 12.3 Å². The van der Waals surface area contributed by atoms with Gasteiger partial charge in [-0.1, -0.05) is 28.1 Å². The van der Waals surface area contributed by atoms with E-state index < -0.39 is 11.9 Å². The summed E-state index contributed by atoms with van der Waals surface area (Å²) in [4.78, 5) is 23.5. The second kappa shape index (κ2) is 10.7. The van der Waals surface area contributed by atoms with Crippen molar-refractivity contribution in [3.8, 4) is 5.75 Å². The fourth-order valence-corrected chi connectivity index (χ4v) is 5.25. The summed E-state index contributed by atoms with van der Waals surface area (Å²) >= 11 is 9.05. The first-order valence-electron chi connectivity index (χ1n) is 9.77. The van der Waals surface area contributed by atoms with Crippen molar-refractivity contribution in [2.24, 2.45) is 5.10 Å². The van der Waals surface area contributed by atoms with Gasteiger partial charge in [0, 0.05) is 9.86 Å². The monoisotopic (exact) mass is 696 g/mol. The third-order valence-corrected chi connectivity index (χ3v) is 6.54. The summed E-state index contributed by atoms with van der Waals surface area (Å²) < 4.78 is 13.9. The Morgan fingerprint density at radius 2 is 1.94 bits per heavy atom. The first-order valence-corrected chi connectivity index (χ1v) is 12.4. The summed E-state index contributed by atoms with van der Waals surface area (Å²) in [6.45, 7) is 0.218. The number of furan rings is 1. The van der Waals surface area contributed by atoms with Gasteiger partial charge in [0.15, 0.2) is 5.76 Å². The van der Waals surface area contributed by atoms with Gasteiger partial charge in [0.1, 0.15) is 17.9 Å². The van der Waals surface area contributed by atoms with Crippen LogP contribution in [0.3, 0.4) is 0 Å². The van der Waals surface area contributed by atoms with Crippen LogP contribution in [0.4, 0.5) is 0 Å². The lowest BCUT2D eigenvalue weighted by Gasteiger charge is -2.09. The molecule has 0 saturated carbocycles. The summed E-state index contributed by atoms with van der Waals surface area (Å²) in [5.41, 5.74) is 4.79. The van der Waals surface area contributed by atoms with Gasteiger partial charge in [-0.15, -0.1) is 0 Å². The Morgan fingerprint density at radius 1 is 1.12 bits per heavy atom. The molecule has 0 spiro atoms. The largest absolute Gasteiger partial charge is 0.488 e. The molecule has 4 rings (SSSR count). The van der Waals surface area contributed by atoms with Gasteiger partial charge in [-0.25, -0.2) is 10.2 Å². The van der Waals surface area contributed by atoms with Crippen LogP contribution in [-0.2, 0) is 6.61 Å². The van der Waals surface area contributed by atoms with Crippen LogP contribution in [0.2, 0.25) is 0 Å². The summed E-state index contributed by atoms with van der Waals surface area (Å²) in [5, 5.41) is 13.9. The highest BCUT2D eigenvalue weighted by Crippen LogP contribution is 2.29. The number of carbonyl (C=O) groups is 2. The van der Waals surface area contributed by atoms with E-state index in [0.717, 1.165) is 24.6 Å². The Balaban J connectivity index is 1.38. The molecule has 0 aliphatic rings. The van der Waals surface area contributed by atoms with Crippen molar-refractivity contribution in [3.05, 3.63) is 95.6 Å². The van der Waals surface area contributed by atoms with Crippen molar-refractivity contribution in [2.75, 3.05) is 0 Å². The van der Waals surface area contributed by atoms with Crippen molar-refractivity contribution >= 4 is 83.5 Å². The van der Waals surface area contributed by atoms with Crippen molar-refractivity contribution in [3.63, 3.8) is 0 Å². The number of halogens is 3. The number of ether oxygens (including phenoxy) is 1. The number of amides is 1. The van der Waals surface area contributed by atoms with E-state index in [1.54, 1.807) is 42.5 Å². The number of benzene rings is 3. The van der Waals surface area contributed by atoms with E-state index in [-0.39, 0.29) is 17.9 Å². The molecule has 34 heavy (non-hydrogen) atoms. The average Bonchev–Trinajstić information content (AvgIpc) is 3.23. The molecule has 4 aromatic rings. The Labute approximate surface area is 224 Å². The van der Waals surface area contributed by atoms with Crippen LogP contribution in [0.25, 0.3) is 11.0 Å². The third kappa shape index (κ3) is 5.86. The summed E-state index contributed by atoms with van der Waals surface area (Å²) in [6.07, 6.45) is 1.51. The van der Waals surface area contributed by atoms with Crippen molar-refractivity contribution in [1.29, 1.82) is 0 Å². The predicted octanol–water partition coefficient (Wildman–Crippen LogP) is 6.60. The average molecular weight is 698 g/mol. The van der Waals surface area contributed by atoms with E-state index in [1.807, 2.05) is 12.1 Å². The van der Waals surface area contributed by atoms with Gasteiger partial charge in [-0.3, -0.25) is 4.79 Å². The molecule has 2 N–H and O–H groups in total. The maximum atomic E-state index is 12.4. The molecule has 10 heteroatoms. The number of carboxylic acid groups (broad SMARTS) is 1. The Kier molecular flexibility index (Phi) is 7.69. The number of carbonyl (C=O) groups excluding carboxylic acids is 1. The van der Waals surface area contributed by atoms with Gasteiger partial charge in [0.2, 0.25) is 0 Å². The van der Waals surface area contributed by atoms with Crippen LogP contribution in [0.15, 0.2) is 79.1 Å². The third-order valence-electron chi connectivity index (χ3n) is 4.66. The number of nitrogens with one attached hydrogen (secondary N) is 1. The minimum absolute atomic E-state index is 0.167. The van der Waals surface area contributed by atoms with E-state index in [0.29, 0.717) is 15.8 Å². The topological polar surface area (TPSA) is 101 Å². The highest BCUT2D eigenvalue weighted by atomic mass is 127. The van der Waals surface area contributed by atoms with Crippen molar-refractivity contribution in [1.82, 2.24) is 5.43 Å². The van der Waals surface area contributed by atoms with E-state index >= 15 is 0 Å². The minimum atomic E-state index is -0.984. The van der Waals surface area contributed by atoms with Crippen LogP contribution in [0.1, 0.15) is 32.0 Å². The fraction of sp³-hybridized carbons (Fsp3) is 0.0417. The molecule has 3 aromatic carbocycles. The smallest absolute Gasteiger partial charge is 0.335 e. The number of fused-ring (bicyclic) bond motifs is 1. The highest BCUT2D eigenvalue weighted by molar-refractivity contribution is 14.1. The first kappa shape index (κ1) is 24.4. The van der Waals surface area contributed by atoms with Crippen molar-refractivity contribution < 1.29 is 23.8 Å². The molecular weight excluding hydrogens is 683 g/mol. The quantitative estimate of drug-likeness (QED) is 0.129. The lowest BCUT2D eigenvalue weighted by molar-refractivity contribution is 0.0696. The lowest BCUT2D eigenvalue weighted by Crippen LogP contribution is -2.16. The molecule has 0 atom stereocenters.